The van der Waals surface area contributed by atoms with Crippen molar-refractivity contribution in [2.75, 3.05) is 7.11 Å². The van der Waals surface area contributed by atoms with Crippen molar-refractivity contribution < 1.29 is 13.9 Å². The zero-order valence-electron chi connectivity index (χ0n) is 9.39. The number of esters is 1. The van der Waals surface area contributed by atoms with E-state index in [-0.39, 0.29) is 10.6 Å². The second-order valence-electron chi connectivity index (χ2n) is 3.26. The topological polar surface area (TPSA) is 26.3 Å². The summed E-state index contributed by atoms with van der Waals surface area (Å²) in [6.45, 7) is 1.83. The Kier molecular flexibility index (Phi) is 4.97. The van der Waals surface area contributed by atoms with Gasteiger partial charge in [-0.05, 0) is 24.1 Å². The first-order valence-corrected chi connectivity index (χ1v) is 5.69. The van der Waals surface area contributed by atoms with Gasteiger partial charge in [0.05, 0.1) is 12.1 Å². The molecule has 0 bridgehead atoms. The number of hydrogen-bond acceptors (Lipinski definition) is 2. The Labute approximate surface area is 109 Å². The molecular weight excluding hydrogens is 266 g/mol. The maximum Gasteiger partial charge on any atom is 0.330 e. The van der Waals surface area contributed by atoms with E-state index in [9.17, 15) is 9.18 Å². The van der Waals surface area contributed by atoms with E-state index in [1.54, 1.807) is 0 Å². The van der Waals surface area contributed by atoms with Crippen LogP contribution in [0.3, 0.4) is 0 Å². The minimum absolute atomic E-state index is 0.00971. The fourth-order valence-corrected chi connectivity index (χ4v) is 2.06. The molecule has 0 saturated heterocycles. The maximum absolute atomic E-state index is 13.8. The Balaban J connectivity index is 3.19. The predicted octanol–water partition coefficient (Wildman–Crippen LogP) is 3.88. The fourth-order valence-electron chi connectivity index (χ4n) is 1.32. The van der Waals surface area contributed by atoms with Gasteiger partial charge in [-0.1, -0.05) is 30.1 Å². The van der Waals surface area contributed by atoms with Crippen LogP contribution >= 0.6 is 23.2 Å². The number of carbonyl (C=O) groups is 1. The summed E-state index contributed by atoms with van der Waals surface area (Å²) in [5.41, 5.74) is 0.712. The molecule has 0 aromatic heterocycles. The zero-order chi connectivity index (χ0) is 13.0. The van der Waals surface area contributed by atoms with Crippen molar-refractivity contribution in [1.29, 1.82) is 0 Å². The minimum atomic E-state index is -0.590. The minimum Gasteiger partial charge on any atom is -0.466 e. The molecule has 0 unspecified atom stereocenters. The Bertz CT molecular complexity index is 470. The van der Waals surface area contributed by atoms with Crippen molar-refractivity contribution in [1.82, 2.24) is 0 Å². The SMILES string of the molecule is CCc1c(Cl)cc(/C=C/C(=O)OC)c(F)c1Cl. The van der Waals surface area contributed by atoms with Crippen LogP contribution in [0.25, 0.3) is 6.08 Å². The molecule has 0 N–H and O–H groups in total. The molecule has 92 valence electrons. The molecule has 0 radical (unpaired) electrons. The van der Waals surface area contributed by atoms with Gasteiger partial charge in [-0.3, -0.25) is 0 Å². The highest BCUT2D eigenvalue weighted by Gasteiger charge is 2.13. The van der Waals surface area contributed by atoms with Gasteiger partial charge in [-0.2, -0.15) is 0 Å². The summed E-state index contributed by atoms with van der Waals surface area (Å²) in [6, 6.07) is 1.43. The summed E-state index contributed by atoms with van der Waals surface area (Å²) in [4.78, 5) is 10.9. The van der Waals surface area contributed by atoms with E-state index in [0.29, 0.717) is 17.0 Å². The van der Waals surface area contributed by atoms with Crippen LogP contribution in [0.4, 0.5) is 4.39 Å². The third-order valence-electron chi connectivity index (χ3n) is 2.24. The third kappa shape index (κ3) is 3.20. The van der Waals surface area contributed by atoms with Crippen molar-refractivity contribution in [2.24, 2.45) is 0 Å². The number of benzene rings is 1. The summed E-state index contributed by atoms with van der Waals surface area (Å²) in [5, 5.41) is 0.368. The highest BCUT2D eigenvalue weighted by atomic mass is 35.5. The molecule has 0 aliphatic rings. The molecule has 1 rings (SSSR count). The van der Waals surface area contributed by atoms with Crippen LogP contribution in [0.15, 0.2) is 12.1 Å². The summed E-state index contributed by atoms with van der Waals surface area (Å²) >= 11 is 11.8. The largest absolute Gasteiger partial charge is 0.466 e. The molecular formula is C12H11Cl2FO2. The summed E-state index contributed by atoms with van der Waals surface area (Å²) in [7, 11) is 1.24. The standard InChI is InChI=1S/C12H11Cl2FO2/c1-3-8-9(13)6-7(12(15)11(8)14)4-5-10(16)17-2/h4-6H,3H2,1-2H3/b5-4+. The molecule has 1 aromatic rings. The Hall–Kier alpha value is -1.06. The normalized spacial score (nSPS) is 10.9. The molecule has 0 heterocycles. The van der Waals surface area contributed by atoms with Crippen molar-refractivity contribution in [3.8, 4) is 0 Å². The smallest absolute Gasteiger partial charge is 0.330 e. The second kappa shape index (κ2) is 6.03. The van der Waals surface area contributed by atoms with E-state index in [4.69, 9.17) is 23.2 Å². The molecule has 17 heavy (non-hydrogen) atoms. The van der Waals surface area contributed by atoms with Crippen LogP contribution in [0.1, 0.15) is 18.1 Å². The fraction of sp³-hybridized carbons (Fsp3) is 0.250. The molecule has 0 aliphatic heterocycles. The number of ether oxygens (including phenoxy) is 1. The number of halogens is 3. The lowest BCUT2D eigenvalue weighted by molar-refractivity contribution is -0.134. The lowest BCUT2D eigenvalue weighted by atomic mass is 10.1. The van der Waals surface area contributed by atoms with Gasteiger partial charge in [0.2, 0.25) is 0 Å². The van der Waals surface area contributed by atoms with E-state index in [1.807, 2.05) is 6.92 Å². The van der Waals surface area contributed by atoms with Crippen LogP contribution in [0.5, 0.6) is 0 Å². The van der Waals surface area contributed by atoms with E-state index in [0.717, 1.165) is 6.08 Å². The third-order valence-corrected chi connectivity index (χ3v) is 2.97. The summed E-state index contributed by atoms with van der Waals surface area (Å²) in [5.74, 6) is -1.16. The van der Waals surface area contributed by atoms with Crippen LogP contribution < -0.4 is 0 Å². The van der Waals surface area contributed by atoms with Gasteiger partial charge < -0.3 is 4.74 Å². The zero-order valence-corrected chi connectivity index (χ0v) is 10.9. The Morgan fingerprint density at radius 3 is 2.71 bits per heavy atom. The number of carbonyl (C=O) groups excluding carboxylic acids is 1. The van der Waals surface area contributed by atoms with Crippen molar-refractivity contribution >= 4 is 35.2 Å². The molecule has 1 aromatic carbocycles. The number of rotatable bonds is 3. The van der Waals surface area contributed by atoms with Crippen LogP contribution in [0, 0.1) is 5.82 Å². The van der Waals surface area contributed by atoms with Gasteiger partial charge >= 0.3 is 5.97 Å². The lowest BCUT2D eigenvalue weighted by Crippen LogP contribution is -1.96. The van der Waals surface area contributed by atoms with Gasteiger partial charge in [-0.15, -0.1) is 0 Å². The van der Waals surface area contributed by atoms with E-state index in [2.05, 4.69) is 4.74 Å². The van der Waals surface area contributed by atoms with Crippen LogP contribution in [0.2, 0.25) is 10.0 Å². The van der Waals surface area contributed by atoms with Crippen molar-refractivity contribution in [3.63, 3.8) is 0 Å². The van der Waals surface area contributed by atoms with Gasteiger partial charge in [0.25, 0.3) is 0 Å². The lowest BCUT2D eigenvalue weighted by Gasteiger charge is -2.07. The summed E-state index contributed by atoms with van der Waals surface area (Å²) in [6.07, 6.45) is 2.92. The average molecular weight is 277 g/mol. The van der Waals surface area contributed by atoms with Gasteiger partial charge in [0.1, 0.15) is 5.82 Å². The van der Waals surface area contributed by atoms with E-state index >= 15 is 0 Å². The first kappa shape index (κ1) is 14.0. The van der Waals surface area contributed by atoms with E-state index in [1.165, 1.54) is 19.3 Å². The predicted molar refractivity (Wildman–Crippen MR) is 66.8 cm³/mol. The average Bonchev–Trinajstić information content (AvgIpc) is 2.32. The molecule has 0 aliphatic carbocycles. The monoisotopic (exact) mass is 276 g/mol. The quantitative estimate of drug-likeness (QED) is 0.476. The van der Waals surface area contributed by atoms with Crippen molar-refractivity contribution in [3.05, 3.63) is 39.1 Å². The molecule has 0 atom stereocenters. The molecule has 5 heteroatoms. The first-order valence-electron chi connectivity index (χ1n) is 4.93. The molecule has 0 saturated carbocycles. The molecule has 2 nitrogen and oxygen atoms in total. The van der Waals surface area contributed by atoms with Crippen LogP contribution in [-0.4, -0.2) is 13.1 Å². The van der Waals surface area contributed by atoms with Crippen LogP contribution in [-0.2, 0) is 16.0 Å². The molecule has 0 fully saturated rings. The van der Waals surface area contributed by atoms with Gasteiger partial charge in [-0.25, -0.2) is 9.18 Å². The van der Waals surface area contributed by atoms with Gasteiger partial charge in [0, 0.05) is 16.7 Å². The summed E-state index contributed by atoms with van der Waals surface area (Å²) < 4.78 is 18.2. The Morgan fingerprint density at radius 2 is 2.18 bits per heavy atom. The Morgan fingerprint density at radius 1 is 1.53 bits per heavy atom. The molecule has 0 spiro atoms. The highest BCUT2D eigenvalue weighted by molar-refractivity contribution is 6.36. The number of methoxy groups -OCH3 is 1. The van der Waals surface area contributed by atoms with E-state index < -0.39 is 11.8 Å². The second-order valence-corrected chi connectivity index (χ2v) is 4.05. The highest BCUT2D eigenvalue weighted by Crippen LogP contribution is 2.31. The maximum atomic E-state index is 13.8. The van der Waals surface area contributed by atoms with Crippen molar-refractivity contribution in [2.45, 2.75) is 13.3 Å². The first-order chi connectivity index (χ1) is 8.01. The number of hydrogen-bond donors (Lipinski definition) is 0. The molecule has 0 amide bonds. The van der Waals surface area contributed by atoms with Gasteiger partial charge in [0.15, 0.2) is 0 Å².